The third-order valence-electron chi connectivity index (χ3n) is 2.06. The van der Waals surface area contributed by atoms with E-state index in [9.17, 15) is 19.7 Å². The summed E-state index contributed by atoms with van der Waals surface area (Å²) in [6.45, 7) is 0.518. The zero-order chi connectivity index (χ0) is 13.5. The topological polar surface area (TPSA) is 127 Å². The van der Waals surface area contributed by atoms with E-state index in [1.54, 1.807) is 0 Å². The van der Waals surface area contributed by atoms with Crippen molar-refractivity contribution in [3.63, 3.8) is 0 Å². The van der Waals surface area contributed by atoms with Gasteiger partial charge < -0.3 is 10.4 Å². The van der Waals surface area contributed by atoms with Crippen LogP contribution in [0.5, 0.6) is 0 Å². The number of amides is 1. The summed E-state index contributed by atoms with van der Waals surface area (Å²) >= 11 is 0. The number of nitrogens with zero attached hydrogens (tertiary/aromatic N) is 3. The van der Waals surface area contributed by atoms with Gasteiger partial charge in [-0.1, -0.05) is 0 Å². The van der Waals surface area contributed by atoms with Crippen LogP contribution in [0.25, 0.3) is 0 Å². The van der Waals surface area contributed by atoms with Crippen LogP contribution in [0.4, 0.5) is 5.69 Å². The maximum atomic E-state index is 11.1. The Hall–Kier alpha value is -2.45. The number of carboxylic acid groups (broad SMARTS) is 1. The highest BCUT2D eigenvalue weighted by atomic mass is 16.6. The number of rotatable bonds is 7. The Morgan fingerprint density at radius 2 is 2.22 bits per heavy atom. The summed E-state index contributed by atoms with van der Waals surface area (Å²) < 4.78 is 1.33. The second kappa shape index (κ2) is 6.33. The summed E-state index contributed by atoms with van der Waals surface area (Å²) in [5, 5.41) is 25.0. The molecule has 0 spiro atoms. The molecule has 0 atom stereocenters. The zero-order valence-electron chi connectivity index (χ0n) is 9.40. The molecule has 9 heteroatoms. The molecule has 9 nitrogen and oxygen atoms in total. The van der Waals surface area contributed by atoms with Crippen LogP contribution >= 0.6 is 0 Å². The molecule has 0 saturated heterocycles. The highest BCUT2D eigenvalue weighted by Crippen LogP contribution is 2.06. The molecule has 0 aliphatic heterocycles. The van der Waals surface area contributed by atoms with E-state index in [2.05, 4.69) is 10.4 Å². The SMILES string of the molecule is O=C(O)CCC(=O)NCCn1cc([N+](=O)[O-])cn1. The van der Waals surface area contributed by atoms with Crippen LogP contribution in [0.3, 0.4) is 0 Å². The van der Waals surface area contributed by atoms with Crippen molar-refractivity contribution in [3.8, 4) is 0 Å². The molecule has 0 aliphatic carbocycles. The van der Waals surface area contributed by atoms with E-state index in [1.165, 1.54) is 10.9 Å². The first-order valence-electron chi connectivity index (χ1n) is 5.14. The van der Waals surface area contributed by atoms with Gasteiger partial charge in [-0.05, 0) is 0 Å². The highest BCUT2D eigenvalue weighted by Gasteiger charge is 2.09. The molecule has 1 aromatic heterocycles. The van der Waals surface area contributed by atoms with Crippen molar-refractivity contribution in [3.05, 3.63) is 22.5 Å². The Morgan fingerprint density at radius 1 is 1.50 bits per heavy atom. The van der Waals surface area contributed by atoms with Gasteiger partial charge in [-0.15, -0.1) is 0 Å². The third kappa shape index (κ3) is 4.60. The molecule has 0 fully saturated rings. The Balaban J connectivity index is 2.26. The van der Waals surface area contributed by atoms with Crippen molar-refractivity contribution in [2.45, 2.75) is 19.4 Å². The summed E-state index contributed by atoms with van der Waals surface area (Å²) in [4.78, 5) is 31.2. The van der Waals surface area contributed by atoms with E-state index < -0.39 is 10.9 Å². The molecular weight excluding hydrogens is 244 g/mol. The van der Waals surface area contributed by atoms with Crippen molar-refractivity contribution in [2.75, 3.05) is 6.54 Å². The molecular formula is C9H12N4O5. The van der Waals surface area contributed by atoms with Crippen LogP contribution in [0.2, 0.25) is 0 Å². The molecule has 1 rings (SSSR count). The monoisotopic (exact) mass is 256 g/mol. The summed E-state index contributed by atoms with van der Waals surface area (Å²) in [7, 11) is 0. The van der Waals surface area contributed by atoms with Gasteiger partial charge in [0, 0.05) is 13.0 Å². The normalized spacial score (nSPS) is 10.0. The lowest BCUT2D eigenvalue weighted by atomic mass is 10.3. The van der Waals surface area contributed by atoms with E-state index >= 15 is 0 Å². The van der Waals surface area contributed by atoms with Gasteiger partial charge in [0.25, 0.3) is 0 Å². The molecule has 1 heterocycles. The molecule has 0 aliphatic rings. The number of carboxylic acids is 1. The fourth-order valence-electron chi connectivity index (χ4n) is 1.19. The molecule has 1 amide bonds. The number of nitro groups is 1. The molecule has 0 aromatic carbocycles. The lowest BCUT2D eigenvalue weighted by Gasteiger charge is -2.03. The molecule has 1 aromatic rings. The standard InChI is InChI=1S/C9H12N4O5/c14-8(1-2-9(15)16)10-3-4-12-6-7(5-11-12)13(17)18/h5-6H,1-4H2,(H,10,14)(H,15,16). The second-order valence-electron chi connectivity index (χ2n) is 3.46. The average Bonchev–Trinajstić information content (AvgIpc) is 2.75. The fraction of sp³-hybridized carbons (Fsp3) is 0.444. The van der Waals surface area contributed by atoms with Crippen molar-refractivity contribution < 1.29 is 19.6 Å². The third-order valence-corrected chi connectivity index (χ3v) is 2.06. The smallest absolute Gasteiger partial charge is 0.306 e. The minimum atomic E-state index is -1.03. The maximum Gasteiger partial charge on any atom is 0.306 e. The number of aliphatic carboxylic acids is 1. The van der Waals surface area contributed by atoms with Crippen LogP contribution in [-0.2, 0) is 16.1 Å². The number of hydrogen-bond donors (Lipinski definition) is 2. The van der Waals surface area contributed by atoms with Gasteiger partial charge in [-0.2, -0.15) is 5.10 Å². The van der Waals surface area contributed by atoms with Gasteiger partial charge in [0.1, 0.15) is 12.4 Å². The first-order valence-corrected chi connectivity index (χ1v) is 5.14. The van der Waals surface area contributed by atoms with Gasteiger partial charge >= 0.3 is 11.7 Å². The molecule has 98 valence electrons. The van der Waals surface area contributed by atoms with Crippen LogP contribution in [0.1, 0.15) is 12.8 Å². The van der Waals surface area contributed by atoms with Crippen LogP contribution in [0.15, 0.2) is 12.4 Å². The highest BCUT2D eigenvalue weighted by molar-refractivity contribution is 5.80. The van der Waals surface area contributed by atoms with Crippen molar-refractivity contribution in [1.29, 1.82) is 0 Å². The van der Waals surface area contributed by atoms with E-state index in [-0.39, 0.29) is 37.5 Å². The van der Waals surface area contributed by atoms with E-state index in [4.69, 9.17) is 5.11 Å². The molecule has 18 heavy (non-hydrogen) atoms. The molecule has 0 unspecified atom stereocenters. The van der Waals surface area contributed by atoms with Gasteiger partial charge in [-0.3, -0.25) is 24.4 Å². The predicted octanol–water partition coefficient (Wildman–Crippen LogP) is -0.228. The second-order valence-corrected chi connectivity index (χ2v) is 3.46. The largest absolute Gasteiger partial charge is 0.481 e. The molecule has 0 bridgehead atoms. The van der Waals surface area contributed by atoms with Gasteiger partial charge in [0.05, 0.1) is 17.9 Å². The summed E-state index contributed by atoms with van der Waals surface area (Å²) in [6, 6.07) is 0. The quantitative estimate of drug-likeness (QED) is 0.512. The van der Waals surface area contributed by atoms with Crippen LogP contribution < -0.4 is 5.32 Å². The fourth-order valence-corrected chi connectivity index (χ4v) is 1.19. The number of nitrogens with one attached hydrogen (secondary N) is 1. The van der Waals surface area contributed by atoms with Crippen molar-refractivity contribution in [2.24, 2.45) is 0 Å². The van der Waals surface area contributed by atoms with Crippen LogP contribution in [-0.4, -0.2) is 38.2 Å². The first kappa shape index (κ1) is 13.6. The number of aromatic nitrogens is 2. The lowest BCUT2D eigenvalue weighted by molar-refractivity contribution is -0.385. The predicted molar refractivity (Wildman–Crippen MR) is 58.8 cm³/mol. The maximum absolute atomic E-state index is 11.1. The summed E-state index contributed by atoms with van der Waals surface area (Å²) in [5.41, 5.74) is -0.118. The molecule has 2 N–H and O–H groups in total. The van der Waals surface area contributed by atoms with E-state index in [0.717, 1.165) is 6.20 Å². The van der Waals surface area contributed by atoms with Crippen molar-refractivity contribution >= 4 is 17.6 Å². The summed E-state index contributed by atoms with van der Waals surface area (Å²) in [5.74, 6) is -1.41. The van der Waals surface area contributed by atoms with Gasteiger partial charge in [0.15, 0.2) is 0 Å². The Labute approximate surface area is 102 Å². The Morgan fingerprint density at radius 3 is 2.78 bits per heavy atom. The first-order chi connectivity index (χ1) is 8.49. The number of carbonyl (C=O) groups is 2. The van der Waals surface area contributed by atoms with Gasteiger partial charge in [-0.25, -0.2) is 0 Å². The Bertz CT molecular complexity index is 456. The molecule has 0 saturated carbocycles. The average molecular weight is 256 g/mol. The van der Waals surface area contributed by atoms with E-state index in [1.807, 2.05) is 0 Å². The van der Waals surface area contributed by atoms with E-state index in [0.29, 0.717) is 0 Å². The molecule has 0 radical (unpaired) electrons. The summed E-state index contributed by atoms with van der Waals surface area (Å²) in [6.07, 6.45) is 2.06. The lowest BCUT2D eigenvalue weighted by Crippen LogP contribution is -2.27. The zero-order valence-corrected chi connectivity index (χ0v) is 9.40. The number of carbonyl (C=O) groups excluding carboxylic acids is 1. The number of hydrogen-bond acceptors (Lipinski definition) is 5. The Kier molecular flexibility index (Phi) is 4.78. The van der Waals surface area contributed by atoms with Gasteiger partial charge in [0.2, 0.25) is 5.91 Å². The minimum Gasteiger partial charge on any atom is -0.481 e. The van der Waals surface area contributed by atoms with Crippen molar-refractivity contribution in [1.82, 2.24) is 15.1 Å². The minimum absolute atomic E-state index is 0.0887. The van der Waals surface area contributed by atoms with Crippen LogP contribution in [0, 0.1) is 10.1 Å².